The van der Waals surface area contributed by atoms with Gasteiger partial charge in [-0.25, -0.2) is 0 Å². The number of piperidine rings is 1. The van der Waals surface area contributed by atoms with E-state index in [9.17, 15) is 5.11 Å². The van der Waals surface area contributed by atoms with Gasteiger partial charge in [-0.3, -0.25) is 4.90 Å². The van der Waals surface area contributed by atoms with Crippen LogP contribution in [-0.4, -0.2) is 35.7 Å². The molecule has 0 radical (unpaired) electrons. The highest BCUT2D eigenvalue weighted by Gasteiger charge is 2.21. The first kappa shape index (κ1) is 14.4. The molecule has 0 saturated carbocycles. The summed E-state index contributed by atoms with van der Waals surface area (Å²) >= 11 is 0. The third-order valence-corrected chi connectivity index (χ3v) is 3.92. The predicted molar refractivity (Wildman–Crippen MR) is 77.5 cm³/mol. The van der Waals surface area contributed by atoms with Crippen LogP contribution in [0.4, 0.5) is 0 Å². The van der Waals surface area contributed by atoms with Crippen molar-refractivity contribution in [1.82, 2.24) is 4.90 Å². The molecule has 2 unspecified atom stereocenters. The molecule has 1 fully saturated rings. The van der Waals surface area contributed by atoms with E-state index in [1.807, 2.05) is 31.2 Å². The maximum Gasteiger partial charge on any atom is 0.119 e. The van der Waals surface area contributed by atoms with E-state index in [1.54, 1.807) is 0 Å². The van der Waals surface area contributed by atoms with Crippen molar-refractivity contribution in [2.45, 2.75) is 45.3 Å². The van der Waals surface area contributed by atoms with Crippen molar-refractivity contribution >= 4 is 0 Å². The number of aliphatic hydroxyl groups excluding tert-OH is 1. The number of benzene rings is 1. The summed E-state index contributed by atoms with van der Waals surface area (Å²) in [4.78, 5) is 2.39. The number of ether oxygens (including phenoxy) is 1. The minimum absolute atomic E-state index is 0.406. The molecule has 1 aromatic rings. The van der Waals surface area contributed by atoms with Crippen LogP contribution < -0.4 is 4.74 Å². The highest BCUT2D eigenvalue weighted by molar-refractivity contribution is 5.28. The van der Waals surface area contributed by atoms with Gasteiger partial charge < -0.3 is 9.84 Å². The summed E-state index contributed by atoms with van der Waals surface area (Å²) in [6.45, 7) is 6.74. The fraction of sp³-hybridized carbons (Fsp3) is 0.625. The quantitative estimate of drug-likeness (QED) is 0.886. The van der Waals surface area contributed by atoms with E-state index >= 15 is 0 Å². The van der Waals surface area contributed by atoms with Crippen molar-refractivity contribution in [2.24, 2.45) is 0 Å². The van der Waals surface area contributed by atoms with Crippen LogP contribution in [0.25, 0.3) is 0 Å². The second-order valence-electron chi connectivity index (χ2n) is 5.36. The molecule has 2 atom stereocenters. The predicted octanol–water partition coefficient (Wildman–Crippen LogP) is 2.99. The fourth-order valence-corrected chi connectivity index (χ4v) is 2.71. The third-order valence-electron chi connectivity index (χ3n) is 3.92. The van der Waals surface area contributed by atoms with Crippen LogP contribution in [0.2, 0.25) is 0 Å². The molecule has 1 N–H and O–H groups in total. The Bertz CT molecular complexity index is 377. The van der Waals surface area contributed by atoms with E-state index in [0.29, 0.717) is 12.6 Å². The van der Waals surface area contributed by atoms with Gasteiger partial charge in [-0.1, -0.05) is 18.6 Å². The van der Waals surface area contributed by atoms with Crippen molar-refractivity contribution in [3.8, 4) is 5.75 Å². The number of aliphatic hydroxyl groups is 1. The van der Waals surface area contributed by atoms with Crippen LogP contribution in [0.15, 0.2) is 24.3 Å². The smallest absolute Gasteiger partial charge is 0.119 e. The zero-order valence-corrected chi connectivity index (χ0v) is 12.0. The first-order valence-electron chi connectivity index (χ1n) is 7.35. The number of hydrogen-bond donors (Lipinski definition) is 1. The summed E-state index contributed by atoms with van der Waals surface area (Å²) in [5.74, 6) is 0.866. The van der Waals surface area contributed by atoms with E-state index in [-0.39, 0.29) is 0 Å². The van der Waals surface area contributed by atoms with Crippen LogP contribution >= 0.6 is 0 Å². The lowest BCUT2D eigenvalue weighted by Gasteiger charge is -2.34. The standard InChI is InChI=1S/C16H25NO2/c1-3-19-15-9-7-14(8-10-15)16(18)12-17-11-5-4-6-13(17)2/h7-10,13,16,18H,3-6,11-12H2,1-2H3. The monoisotopic (exact) mass is 263 g/mol. The van der Waals surface area contributed by atoms with Gasteiger partial charge in [0.2, 0.25) is 0 Å². The zero-order chi connectivity index (χ0) is 13.7. The molecular weight excluding hydrogens is 238 g/mol. The van der Waals surface area contributed by atoms with E-state index in [1.165, 1.54) is 19.3 Å². The highest BCUT2D eigenvalue weighted by atomic mass is 16.5. The lowest BCUT2D eigenvalue weighted by Crippen LogP contribution is -2.40. The summed E-state index contributed by atoms with van der Waals surface area (Å²) < 4.78 is 5.42. The lowest BCUT2D eigenvalue weighted by molar-refractivity contribution is 0.0732. The van der Waals surface area contributed by atoms with E-state index in [0.717, 1.165) is 24.4 Å². The van der Waals surface area contributed by atoms with Gasteiger partial charge >= 0.3 is 0 Å². The van der Waals surface area contributed by atoms with Crippen molar-refractivity contribution in [3.63, 3.8) is 0 Å². The molecule has 1 saturated heterocycles. The number of nitrogens with zero attached hydrogens (tertiary/aromatic N) is 1. The first-order valence-corrected chi connectivity index (χ1v) is 7.35. The molecule has 0 aliphatic carbocycles. The maximum absolute atomic E-state index is 10.3. The minimum Gasteiger partial charge on any atom is -0.494 e. The van der Waals surface area contributed by atoms with Crippen LogP contribution in [0.3, 0.4) is 0 Å². The molecule has 1 aromatic carbocycles. The number of rotatable bonds is 5. The second-order valence-corrected chi connectivity index (χ2v) is 5.36. The summed E-state index contributed by atoms with van der Waals surface area (Å²) in [6, 6.07) is 8.38. The average molecular weight is 263 g/mol. The Morgan fingerprint density at radius 2 is 2.05 bits per heavy atom. The lowest BCUT2D eigenvalue weighted by atomic mass is 10.0. The Kier molecular flexibility index (Phi) is 5.23. The fourth-order valence-electron chi connectivity index (χ4n) is 2.71. The van der Waals surface area contributed by atoms with Gasteiger partial charge in [-0.05, 0) is 50.9 Å². The molecule has 106 valence electrons. The van der Waals surface area contributed by atoms with Crippen molar-refractivity contribution < 1.29 is 9.84 Å². The molecule has 0 bridgehead atoms. The maximum atomic E-state index is 10.3. The Hall–Kier alpha value is -1.06. The van der Waals surface area contributed by atoms with E-state index in [4.69, 9.17) is 4.74 Å². The van der Waals surface area contributed by atoms with Crippen LogP contribution in [0, 0.1) is 0 Å². The highest BCUT2D eigenvalue weighted by Crippen LogP contribution is 2.22. The molecular formula is C16H25NO2. The van der Waals surface area contributed by atoms with Gasteiger partial charge in [0.15, 0.2) is 0 Å². The molecule has 0 spiro atoms. The van der Waals surface area contributed by atoms with Crippen LogP contribution in [0.1, 0.15) is 44.8 Å². The molecule has 19 heavy (non-hydrogen) atoms. The van der Waals surface area contributed by atoms with Gasteiger partial charge in [-0.2, -0.15) is 0 Å². The molecule has 3 heteroatoms. The molecule has 1 aliphatic rings. The van der Waals surface area contributed by atoms with Crippen molar-refractivity contribution in [3.05, 3.63) is 29.8 Å². The zero-order valence-electron chi connectivity index (χ0n) is 12.0. The summed E-state index contributed by atoms with van der Waals surface area (Å²) in [6.07, 6.45) is 3.41. The van der Waals surface area contributed by atoms with Gasteiger partial charge in [0, 0.05) is 12.6 Å². The molecule has 1 heterocycles. The number of β-amino-alcohol motifs (C(OH)–C–C–N with tert-alkyl or cyclic N) is 1. The second kappa shape index (κ2) is 6.92. The Morgan fingerprint density at radius 1 is 1.32 bits per heavy atom. The van der Waals surface area contributed by atoms with Gasteiger partial charge in [0.25, 0.3) is 0 Å². The van der Waals surface area contributed by atoms with Gasteiger partial charge in [-0.15, -0.1) is 0 Å². The molecule has 1 aliphatic heterocycles. The Balaban J connectivity index is 1.93. The topological polar surface area (TPSA) is 32.7 Å². The van der Waals surface area contributed by atoms with Crippen LogP contribution in [0.5, 0.6) is 5.75 Å². The molecule has 2 rings (SSSR count). The summed E-state index contributed by atoms with van der Waals surface area (Å²) in [7, 11) is 0. The minimum atomic E-state index is -0.406. The normalized spacial score (nSPS) is 22.2. The van der Waals surface area contributed by atoms with E-state index < -0.39 is 6.10 Å². The molecule has 0 aromatic heterocycles. The van der Waals surface area contributed by atoms with Gasteiger partial charge in [0.1, 0.15) is 5.75 Å². The van der Waals surface area contributed by atoms with Gasteiger partial charge in [0.05, 0.1) is 12.7 Å². The molecule has 3 nitrogen and oxygen atoms in total. The number of likely N-dealkylation sites (tertiary alicyclic amines) is 1. The molecule has 0 amide bonds. The Labute approximate surface area is 116 Å². The Morgan fingerprint density at radius 3 is 2.68 bits per heavy atom. The van der Waals surface area contributed by atoms with Crippen molar-refractivity contribution in [2.75, 3.05) is 19.7 Å². The SMILES string of the molecule is CCOc1ccc(C(O)CN2CCCCC2C)cc1. The van der Waals surface area contributed by atoms with Crippen LogP contribution in [-0.2, 0) is 0 Å². The first-order chi connectivity index (χ1) is 9.20. The van der Waals surface area contributed by atoms with Crippen molar-refractivity contribution in [1.29, 1.82) is 0 Å². The average Bonchev–Trinajstić information content (AvgIpc) is 2.42. The summed E-state index contributed by atoms with van der Waals surface area (Å²) in [5.41, 5.74) is 0.973. The van der Waals surface area contributed by atoms with E-state index in [2.05, 4.69) is 11.8 Å². The number of hydrogen-bond acceptors (Lipinski definition) is 3. The summed E-state index contributed by atoms with van der Waals surface area (Å²) in [5, 5.41) is 10.3. The third kappa shape index (κ3) is 3.95. The largest absolute Gasteiger partial charge is 0.494 e.